The molecule has 0 saturated heterocycles. The zero-order chi connectivity index (χ0) is 15.9. The smallest absolute Gasteiger partial charge is 0.146 e. The molecule has 22 heavy (non-hydrogen) atoms. The van der Waals surface area contributed by atoms with Crippen molar-refractivity contribution >= 4 is 5.69 Å². The van der Waals surface area contributed by atoms with Gasteiger partial charge in [-0.05, 0) is 48.6 Å². The minimum atomic E-state index is -0.194. The van der Waals surface area contributed by atoms with Gasteiger partial charge in [-0.25, -0.2) is 8.78 Å². The molecule has 0 unspecified atom stereocenters. The first kappa shape index (κ1) is 16.5. The third-order valence-electron chi connectivity index (χ3n) is 3.86. The number of hydrogen-bond donors (Lipinski definition) is 0. The first-order valence-corrected chi connectivity index (χ1v) is 7.92. The fourth-order valence-corrected chi connectivity index (χ4v) is 2.61. The quantitative estimate of drug-likeness (QED) is 0.697. The van der Waals surface area contributed by atoms with E-state index in [1.165, 1.54) is 6.07 Å². The number of anilines is 1. The SMILES string of the molecule is CCCN(CCc1ccccc1F)c1ccc(CC)cc1F. The molecule has 1 nitrogen and oxygen atoms in total. The average Bonchev–Trinajstić information content (AvgIpc) is 2.53. The topological polar surface area (TPSA) is 3.24 Å². The van der Waals surface area contributed by atoms with Crippen LogP contribution in [-0.4, -0.2) is 13.1 Å². The van der Waals surface area contributed by atoms with Crippen molar-refractivity contribution in [2.45, 2.75) is 33.1 Å². The summed E-state index contributed by atoms with van der Waals surface area (Å²) in [5, 5.41) is 0. The molecule has 0 aliphatic rings. The molecular formula is C19H23F2N. The van der Waals surface area contributed by atoms with E-state index in [0.717, 1.165) is 24.9 Å². The van der Waals surface area contributed by atoms with Gasteiger partial charge in [0.1, 0.15) is 11.6 Å². The minimum absolute atomic E-state index is 0.193. The summed E-state index contributed by atoms with van der Waals surface area (Å²) in [4.78, 5) is 2.00. The van der Waals surface area contributed by atoms with Gasteiger partial charge < -0.3 is 4.90 Å². The van der Waals surface area contributed by atoms with Gasteiger partial charge >= 0.3 is 0 Å². The van der Waals surface area contributed by atoms with Gasteiger partial charge in [0.2, 0.25) is 0 Å². The molecule has 2 aromatic rings. The van der Waals surface area contributed by atoms with Crippen LogP contribution in [0, 0.1) is 11.6 Å². The van der Waals surface area contributed by atoms with Crippen LogP contribution in [0.1, 0.15) is 31.4 Å². The van der Waals surface area contributed by atoms with Crippen LogP contribution in [0.3, 0.4) is 0 Å². The molecule has 0 heterocycles. The van der Waals surface area contributed by atoms with E-state index in [9.17, 15) is 8.78 Å². The van der Waals surface area contributed by atoms with Gasteiger partial charge in [0, 0.05) is 13.1 Å². The summed E-state index contributed by atoms with van der Waals surface area (Å²) in [6.07, 6.45) is 2.31. The highest BCUT2D eigenvalue weighted by atomic mass is 19.1. The molecular weight excluding hydrogens is 280 g/mol. The molecule has 3 heteroatoms. The van der Waals surface area contributed by atoms with E-state index in [-0.39, 0.29) is 11.6 Å². The standard InChI is InChI=1S/C19H23F2N/c1-3-12-22(13-11-16-7-5-6-8-17(16)20)19-10-9-15(4-2)14-18(19)21/h5-10,14H,3-4,11-13H2,1-2H3. The maximum absolute atomic E-state index is 14.3. The number of rotatable bonds is 7. The van der Waals surface area contributed by atoms with Crippen molar-refractivity contribution in [2.24, 2.45) is 0 Å². The van der Waals surface area contributed by atoms with E-state index in [1.807, 2.05) is 30.0 Å². The second-order valence-corrected chi connectivity index (χ2v) is 5.47. The normalized spacial score (nSPS) is 10.7. The zero-order valence-corrected chi connectivity index (χ0v) is 13.3. The summed E-state index contributed by atoms with van der Waals surface area (Å²) in [6.45, 7) is 5.44. The molecule has 2 aromatic carbocycles. The summed E-state index contributed by atoms with van der Waals surface area (Å²) in [7, 11) is 0. The van der Waals surface area contributed by atoms with Gasteiger partial charge in [0.05, 0.1) is 5.69 Å². The monoisotopic (exact) mass is 303 g/mol. The van der Waals surface area contributed by atoms with Crippen molar-refractivity contribution in [1.29, 1.82) is 0 Å². The summed E-state index contributed by atoms with van der Waals surface area (Å²) in [6, 6.07) is 12.2. The highest BCUT2D eigenvalue weighted by Crippen LogP contribution is 2.22. The third kappa shape index (κ3) is 4.06. The zero-order valence-electron chi connectivity index (χ0n) is 13.3. The lowest BCUT2D eigenvalue weighted by Crippen LogP contribution is -2.27. The van der Waals surface area contributed by atoms with E-state index < -0.39 is 0 Å². The summed E-state index contributed by atoms with van der Waals surface area (Å²) >= 11 is 0. The Morgan fingerprint density at radius 3 is 2.32 bits per heavy atom. The molecule has 0 spiro atoms. The van der Waals surface area contributed by atoms with Gasteiger partial charge in [-0.2, -0.15) is 0 Å². The first-order chi connectivity index (χ1) is 10.7. The van der Waals surface area contributed by atoms with Crippen LogP contribution in [0.4, 0.5) is 14.5 Å². The molecule has 0 aromatic heterocycles. The molecule has 0 amide bonds. The van der Waals surface area contributed by atoms with E-state index >= 15 is 0 Å². The Kier molecular flexibility index (Phi) is 5.93. The highest BCUT2D eigenvalue weighted by molar-refractivity contribution is 5.49. The Labute approximate surface area is 131 Å². The van der Waals surface area contributed by atoms with E-state index in [0.29, 0.717) is 24.2 Å². The van der Waals surface area contributed by atoms with Crippen LogP contribution < -0.4 is 4.90 Å². The summed E-state index contributed by atoms with van der Waals surface area (Å²) in [5.74, 6) is -0.387. The van der Waals surface area contributed by atoms with Crippen molar-refractivity contribution in [2.75, 3.05) is 18.0 Å². The molecule has 0 aliphatic heterocycles. The fourth-order valence-electron chi connectivity index (χ4n) is 2.61. The van der Waals surface area contributed by atoms with Crippen LogP contribution in [0.2, 0.25) is 0 Å². The summed E-state index contributed by atoms with van der Waals surface area (Å²) in [5.41, 5.74) is 2.27. The minimum Gasteiger partial charge on any atom is -0.369 e. The van der Waals surface area contributed by atoms with Gasteiger partial charge in [-0.15, -0.1) is 0 Å². The van der Waals surface area contributed by atoms with Crippen molar-refractivity contribution < 1.29 is 8.78 Å². The van der Waals surface area contributed by atoms with Gasteiger partial charge in [-0.1, -0.05) is 38.1 Å². The predicted molar refractivity (Wildman–Crippen MR) is 88.4 cm³/mol. The van der Waals surface area contributed by atoms with Crippen LogP contribution >= 0.6 is 0 Å². The van der Waals surface area contributed by atoms with Crippen LogP contribution in [-0.2, 0) is 12.8 Å². The Hall–Kier alpha value is -1.90. The number of benzene rings is 2. The second kappa shape index (κ2) is 7.92. The van der Waals surface area contributed by atoms with Crippen molar-refractivity contribution in [3.8, 4) is 0 Å². The van der Waals surface area contributed by atoms with Crippen LogP contribution in [0.25, 0.3) is 0 Å². The second-order valence-electron chi connectivity index (χ2n) is 5.47. The maximum Gasteiger partial charge on any atom is 0.146 e. The molecule has 0 N–H and O–H groups in total. The Morgan fingerprint density at radius 1 is 0.909 bits per heavy atom. The third-order valence-corrected chi connectivity index (χ3v) is 3.86. The predicted octanol–water partition coefficient (Wildman–Crippen LogP) is 4.99. The van der Waals surface area contributed by atoms with E-state index in [2.05, 4.69) is 6.92 Å². The van der Waals surface area contributed by atoms with E-state index in [1.54, 1.807) is 18.2 Å². The average molecular weight is 303 g/mol. The van der Waals surface area contributed by atoms with Crippen LogP contribution in [0.5, 0.6) is 0 Å². The molecule has 0 fully saturated rings. The van der Waals surface area contributed by atoms with E-state index in [4.69, 9.17) is 0 Å². The van der Waals surface area contributed by atoms with Gasteiger partial charge in [-0.3, -0.25) is 0 Å². The Balaban J connectivity index is 2.14. The highest BCUT2D eigenvalue weighted by Gasteiger charge is 2.12. The van der Waals surface area contributed by atoms with Crippen LogP contribution in [0.15, 0.2) is 42.5 Å². The molecule has 2 rings (SSSR count). The first-order valence-electron chi connectivity index (χ1n) is 7.92. The number of aryl methyl sites for hydroxylation is 1. The van der Waals surface area contributed by atoms with Crippen molar-refractivity contribution in [1.82, 2.24) is 0 Å². The molecule has 0 atom stereocenters. The summed E-state index contributed by atoms with van der Waals surface area (Å²) < 4.78 is 28.0. The molecule has 0 saturated carbocycles. The molecule has 0 radical (unpaired) electrons. The lowest BCUT2D eigenvalue weighted by atomic mass is 10.1. The van der Waals surface area contributed by atoms with Crippen molar-refractivity contribution in [3.63, 3.8) is 0 Å². The fraction of sp³-hybridized carbons (Fsp3) is 0.368. The molecule has 0 aliphatic carbocycles. The Morgan fingerprint density at radius 2 is 1.68 bits per heavy atom. The number of nitrogens with zero attached hydrogens (tertiary/aromatic N) is 1. The molecule has 0 bridgehead atoms. The maximum atomic E-state index is 14.3. The Bertz CT molecular complexity index is 610. The van der Waals surface area contributed by atoms with Gasteiger partial charge in [0.25, 0.3) is 0 Å². The lowest BCUT2D eigenvalue weighted by molar-refractivity contribution is 0.598. The molecule has 118 valence electrons. The largest absolute Gasteiger partial charge is 0.369 e. The number of hydrogen-bond acceptors (Lipinski definition) is 1. The lowest BCUT2D eigenvalue weighted by Gasteiger charge is -2.25. The number of halogens is 2. The van der Waals surface area contributed by atoms with Crippen molar-refractivity contribution in [3.05, 3.63) is 65.2 Å². The van der Waals surface area contributed by atoms with Gasteiger partial charge in [0.15, 0.2) is 0 Å².